The summed E-state index contributed by atoms with van der Waals surface area (Å²) in [5.41, 5.74) is 3.74. The lowest BCUT2D eigenvalue weighted by molar-refractivity contribution is 1.33. The van der Waals surface area contributed by atoms with Gasteiger partial charge in [-0.25, -0.2) is 4.98 Å². The molecule has 0 saturated heterocycles. The number of nitrogens with one attached hydrogen (secondary N) is 1. The van der Waals surface area contributed by atoms with Gasteiger partial charge < -0.3 is 4.98 Å². The van der Waals surface area contributed by atoms with Crippen LogP contribution in [-0.2, 0) is 0 Å². The van der Waals surface area contributed by atoms with Crippen molar-refractivity contribution in [1.82, 2.24) is 9.97 Å². The summed E-state index contributed by atoms with van der Waals surface area (Å²) in [4.78, 5) is 7.39. The molecule has 3 nitrogen and oxygen atoms in total. The molecule has 0 saturated carbocycles. The summed E-state index contributed by atoms with van der Waals surface area (Å²) in [7, 11) is 0. The lowest BCUT2D eigenvalue weighted by Gasteiger charge is -1.94. The highest BCUT2D eigenvalue weighted by atomic mass is 14.8. The van der Waals surface area contributed by atoms with Crippen molar-refractivity contribution in [2.24, 2.45) is 0 Å². The van der Waals surface area contributed by atoms with Crippen LogP contribution < -0.4 is 0 Å². The smallest absolute Gasteiger partial charge is 0.137 e. The number of pyridine rings is 1. The predicted octanol–water partition coefficient (Wildman–Crippen LogP) is 3.60. The molecule has 90 valence electrons. The fourth-order valence-electron chi connectivity index (χ4n) is 1.97. The molecule has 0 spiro atoms. The Morgan fingerprint density at radius 2 is 1.95 bits per heavy atom. The van der Waals surface area contributed by atoms with Crippen LogP contribution in [0.15, 0.2) is 48.8 Å². The highest BCUT2D eigenvalue weighted by Crippen LogP contribution is 2.18. The second-order valence-electron chi connectivity index (χ2n) is 4.21. The minimum Gasteiger partial charge on any atom is -0.346 e. The van der Waals surface area contributed by atoms with Crippen LogP contribution in [0.5, 0.6) is 0 Å². The van der Waals surface area contributed by atoms with Crippen molar-refractivity contribution in [1.29, 1.82) is 5.26 Å². The lowest BCUT2D eigenvalue weighted by Crippen LogP contribution is -1.75. The minimum absolute atomic E-state index is 0.674. The van der Waals surface area contributed by atoms with Gasteiger partial charge in [-0.05, 0) is 29.8 Å². The van der Waals surface area contributed by atoms with E-state index in [9.17, 15) is 0 Å². The summed E-state index contributed by atoms with van der Waals surface area (Å²) in [6.07, 6.45) is 7.78. The van der Waals surface area contributed by atoms with Crippen LogP contribution in [-0.4, -0.2) is 9.97 Å². The Morgan fingerprint density at radius 3 is 2.74 bits per heavy atom. The Kier molecular flexibility index (Phi) is 2.83. The number of rotatable bonds is 2. The molecule has 0 bridgehead atoms. The molecule has 0 amide bonds. The number of nitriles is 1. The fraction of sp³-hybridized carbons (Fsp3) is 0. The van der Waals surface area contributed by atoms with Crippen LogP contribution in [0.25, 0.3) is 23.2 Å². The molecule has 0 aliphatic carbocycles. The Morgan fingerprint density at radius 1 is 1.11 bits per heavy atom. The number of aromatic amines is 1. The first-order chi connectivity index (χ1) is 9.36. The van der Waals surface area contributed by atoms with E-state index in [-0.39, 0.29) is 0 Å². The van der Waals surface area contributed by atoms with Gasteiger partial charge in [0.15, 0.2) is 0 Å². The Bertz CT molecular complexity index is 774. The number of aromatic nitrogens is 2. The summed E-state index contributed by atoms with van der Waals surface area (Å²) in [6, 6.07) is 13.6. The van der Waals surface area contributed by atoms with Gasteiger partial charge in [0.05, 0.1) is 11.6 Å². The number of hydrogen-bond acceptors (Lipinski definition) is 2. The average Bonchev–Trinajstić information content (AvgIpc) is 2.89. The summed E-state index contributed by atoms with van der Waals surface area (Å²) >= 11 is 0. The molecule has 3 heteroatoms. The predicted molar refractivity (Wildman–Crippen MR) is 76.2 cm³/mol. The number of nitrogens with zero attached hydrogens (tertiary/aromatic N) is 2. The minimum atomic E-state index is 0.674. The first kappa shape index (κ1) is 11.2. The first-order valence-electron chi connectivity index (χ1n) is 5.97. The van der Waals surface area contributed by atoms with Crippen molar-refractivity contribution in [2.45, 2.75) is 0 Å². The fourth-order valence-corrected chi connectivity index (χ4v) is 1.97. The van der Waals surface area contributed by atoms with E-state index in [4.69, 9.17) is 5.26 Å². The van der Waals surface area contributed by atoms with Gasteiger partial charge in [-0.1, -0.05) is 24.3 Å². The molecule has 19 heavy (non-hydrogen) atoms. The average molecular weight is 245 g/mol. The van der Waals surface area contributed by atoms with Gasteiger partial charge in [0.1, 0.15) is 5.65 Å². The topological polar surface area (TPSA) is 52.5 Å². The molecule has 3 rings (SSSR count). The first-order valence-corrected chi connectivity index (χ1v) is 5.97. The molecule has 3 aromatic rings. The van der Waals surface area contributed by atoms with Crippen molar-refractivity contribution in [2.75, 3.05) is 0 Å². The zero-order valence-electron chi connectivity index (χ0n) is 10.2. The maximum absolute atomic E-state index is 8.75. The van der Waals surface area contributed by atoms with Crippen LogP contribution in [0.4, 0.5) is 0 Å². The number of hydrogen-bond donors (Lipinski definition) is 1. The van der Waals surface area contributed by atoms with Crippen LogP contribution in [0.1, 0.15) is 16.7 Å². The second kappa shape index (κ2) is 4.79. The van der Waals surface area contributed by atoms with Crippen molar-refractivity contribution in [3.05, 3.63) is 65.5 Å². The van der Waals surface area contributed by atoms with Crippen molar-refractivity contribution in [3.8, 4) is 6.07 Å². The SMILES string of the molecule is N#Cc1ccc(/C=C\c2c[nH]c3ncccc23)cc1. The molecule has 0 aliphatic rings. The van der Waals surface area contributed by atoms with Gasteiger partial charge in [0.2, 0.25) is 0 Å². The van der Waals surface area contributed by atoms with Gasteiger partial charge in [-0.3, -0.25) is 0 Å². The Labute approximate surface area is 110 Å². The zero-order valence-corrected chi connectivity index (χ0v) is 10.2. The van der Waals surface area contributed by atoms with E-state index >= 15 is 0 Å². The van der Waals surface area contributed by atoms with Crippen molar-refractivity contribution < 1.29 is 0 Å². The number of benzene rings is 1. The standard InChI is InChI=1S/C16H11N3/c17-10-13-5-3-12(4-6-13)7-8-14-11-19-16-15(14)2-1-9-18-16/h1-9,11H,(H,18,19)/b8-7-. The molecule has 2 aromatic heterocycles. The Balaban J connectivity index is 1.91. The maximum Gasteiger partial charge on any atom is 0.137 e. The summed E-state index contributed by atoms with van der Waals surface area (Å²) in [5, 5.41) is 9.85. The van der Waals surface area contributed by atoms with Crippen molar-refractivity contribution >= 4 is 23.2 Å². The third-order valence-electron chi connectivity index (χ3n) is 2.98. The Hall–Kier alpha value is -2.86. The quantitative estimate of drug-likeness (QED) is 0.749. The largest absolute Gasteiger partial charge is 0.346 e. The maximum atomic E-state index is 8.75. The molecule has 1 aromatic carbocycles. The van der Waals surface area contributed by atoms with E-state index in [2.05, 4.69) is 16.0 Å². The van der Waals surface area contributed by atoms with Crippen LogP contribution in [0.3, 0.4) is 0 Å². The van der Waals surface area contributed by atoms with Crippen LogP contribution >= 0.6 is 0 Å². The lowest BCUT2D eigenvalue weighted by atomic mass is 10.1. The summed E-state index contributed by atoms with van der Waals surface area (Å²) in [6.45, 7) is 0. The van der Waals surface area contributed by atoms with Gasteiger partial charge in [-0.15, -0.1) is 0 Å². The van der Waals surface area contributed by atoms with E-state index in [1.165, 1.54) is 0 Å². The van der Waals surface area contributed by atoms with Crippen LogP contribution in [0, 0.1) is 11.3 Å². The molecular formula is C16H11N3. The van der Waals surface area contributed by atoms with E-state index in [0.29, 0.717) is 5.56 Å². The van der Waals surface area contributed by atoms with Gasteiger partial charge in [0.25, 0.3) is 0 Å². The van der Waals surface area contributed by atoms with E-state index in [0.717, 1.165) is 22.2 Å². The summed E-state index contributed by atoms with van der Waals surface area (Å²) in [5.74, 6) is 0. The number of H-pyrrole nitrogens is 1. The van der Waals surface area contributed by atoms with Crippen molar-refractivity contribution in [3.63, 3.8) is 0 Å². The molecule has 0 aliphatic heterocycles. The molecule has 0 atom stereocenters. The molecule has 0 unspecified atom stereocenters. The number of fused-ring (bicyclic) bond motifs is 1. The highest BCUT2D eigenvalue weighted by Gasteiger charge is 1.99. The third-order valence-corrected chi connectivity index (χ3v) is 2.98. The van der Waals surface area contributed by atoms with Crippen LogP contribution in [0.2, 0.25) is 0 Å². The summed E-state index contributed by atoms with van der Waals surface area (Å²) < 4.78 is 0. The van der Waals surface area contributed by atoms with Gasteiger partial charge in [-0.2, -0.15) is 5.26 Å². The molecule has 2 heterocycles. The molecule has 1 N–H and O–H groups in total. The normalized spacial score (nSPS) is 10.9. The second-order valence-corrected chi connectivity index (χ2v) is 4.21. The van der Waals surface area contributed by atoms with Gasteiger partial charge in [0, 0.05) is 23.3 Å². The zero-order chi connectivity index (χ0) is 13.1. The van der Waals surface area contributed by atoms with E-state index < -0.39 is 0 Å². The van der Waals surface area contributed by atoms with Gasteiger partial charge >= 0.3 is 0 Å². The van der Waals surface area contributed by atoms with E-state index in [1.54, 1.807) is 6.20 Å². The molecular weight excluding hydrogens is 234 g/mol. The van der Waals surface area contributed by atoms with E-state index in [1.807, 2.05) is 54.7 Å². The third kappa shape index (κ3) is 2.24. The molecule has 0 fully saturated rings. The highest BCUT2D eigenvalue weighted by molar-refractivity contribution is 5.89. The molecule has 0 radical (unpaired) electrons. The monoisotopic (exact) mass is 245 g/mol.